The topological polar surface area (TPSA) is 77.5 Å². The molecule has 0 spiro atoms. The van der Waals surface area contributed by atoms with Crippen molar-refractivity contribution < 1.29 is 9.84 Å². The Bertz CT molecular complexity index is 1260. The number of nitrogens with zero attached hydrogens (tertiary/aromatic N) is 4. The highest BCUT2D eigenvalue weighted by atomic mass is 79.9. The fourth-order valence-corrected chi connectivity index (χ4v) is 4.87. The molecule has 9 heteroatoms. The summed E-state index contributed by atoms with van der Waals surface area (Å²) in [5.41, 5.74) is 4.91. The summed E-state index contributed by atoms with van der Waals surface area (Å²) in [7, 11) is 0. The Balaban J connectivity index is 1.33. The summed E-state index contributed by atoms with van der Waals surface area (Å²) >= 11 is 9.72. The Labute approximate surface area is 211 Å². The van der Waals surface area contributed by atoms with Gasteiger partial charge in [-0.2, -0.15) is 0 Å². The number of H-pyrrole nitrogens is 1. The van der Waals surface area contributed by atoms with Gasteiger partial charge in [-0.25, -0.2) is 9.97 Å². The number of pyridine rings is 1. The van der Waals surface area contributed by atoms with Crippen LogP contribution < -0.4 is 9.64 Å². The molecule has 0 unspecified atom stereocenters. The van der Waals surface area contributed by atoms with Crippen LogP contribution in [0.25, 0.3) is 22.6 Å². The van der Waals surface area contributed by atoms with E-state index in [4.69, 9.17) is 26.4 Å². The summed E-state index contributed by atoms with van der Waals surface area (Å²) in [6.07, 6.45) is 1.84. The van der Waals surface area contributed by atoms with E-state index >= 15 is 0 Å². The van der Waals surface area contributed by atoms with Crippen molar-refractivity contribution in [3.8, 4) is 17.1 Å². The molecular weight excluding hydrogens is 518 g/mol. The van der Waals surface area contributed by atoms with Crippen LogP contribution in [0.4, 0.5) is 5.69 Å². The monoisotopic (exact) mass is 541 g/mol. The van der Waals surface area contributed by atoms with Gasteiger partial charge in [-0.15, -0.1) is 0 Å². The van der Waals surface area contributed by atoms with E-state index in [1.807, 2.05) is 42.6 Å². The van der Waals surface area contributed by atoms with Gasteiger partial charge in [-0.3, -0.25) is 4.90 Å². The Hall–Kier alpha value is -2.65. The molecule has 1 fully saturated rings. The highest BCUT2D eigenvalue weighted by Gasteiger charge is 2.23. The number of piperazine rings is 1. The number of ether oxygens (including phenoxy) is 1. The average molecular weight is 543 g/mol. The molecule has 176 valence electrons. The van der Waals surface area contributed by atoms with E-state index < -0.39 is 0 Å². The minimum absolute atomic E-state index is 0.00989. The number of benzene rings is 2. The number of aliphatic hydroxyl groups excluding tert-OH is 1. The minimum Gasteiger partial charge on any atom is -0.491 e. The highest BCUT2D eigenvalue weighted by molar-refractivity contribution is 9.10. The van der Waals surface area contributed by atoms with E-state index in [0.29, 0.717) is 5.75 Å². The quantitative estimate of drug-likeness (QED) is 0.351. The molecule has 2 N–H and O–H groups in total. The lowest BCUT2D eigenvalue weighted by molar-refractivity contribution is 0.201. The Kier molecular flexibility index (Phi) is 7.01. The number of fused-ring (bicyclic) bond motifs is 1. The first-order valence-electron chi connectivity index (χ1n) is 11.2. The summed E-state index contributed by atoms with van der Waals surface area (Å²) in [6, 6.07) is 15.7. The summed E-state index contributed by atoms with van der Waals surface area (Å²) < 4.78 is 6.40. The van der Waals surface area contributed by atoms with E-state index in [-0.39, 0.29) is 13.2 Å². The second-order valence-electron chi connectivity index (χ2n) is 8.22. The standard InChI is InChI=1S/C25H25BrClN5O2/c26-21-15-28-25-22(29-24(30-25)18-3-7-20(8-4-18)34-14-13-33)23(21)32-11-9-31(10-12-32)16-17-1-5-19(27)6-2-17/h1-8,15,33H,9-14,16H2,(H,28,29,30). The van der Waals surface area contributed by atoms with E-state index in [1.165, 1.54) is 5.56 Å². The molecule has 4 aromatic rings. The van der Waals surface area contributed by atoms with Crippen LogP contribution in [0.3, 0.4) is 0 Å². The molecule has 0 saturated carbocycles. The number of aliphatic hydroxyl groups is 1. The fourth-order valence-electron chi connectivity index (χ4n) is 4.21. The van der Waals surface area contributed by atoms with Crippen molar-refractivity contribution in [3.05, 3.63) is 69.8 Å². The predicted octanol–water partition coefficient (Wildman–Crippen LogP) is 4.73. The molecule has 1 aliphatic rings. The zero-order valence-corrected chi connectivity index (χ0v) is 20.9. The molecule has 7 nitrogen and oxygen atoms in total. The van der Waals surface area contributed by atoms with Gasteiger partial charge in [-0.1, -0.05) is 23.7 Å². The minimum atomic E-state index is -0.00989. The molecule has 34 heavy (non-hydrogen) atoms. The Morgan fingerprint density at radius 2 is 1.76 bits per heavy atom. The second kappa shape index (κ2) is 10.3. The van der Waals surface area contributed by atoms with E-state index in [9.17, 15) is 0 Å². The smallest absolute Gasteiger partial charge is 0.159 e. The molecule has 0 amide bonds. The molecule has 3 heterocycles. The molecule has 1 aliphatic heterocycles. The number of aromatic nitrogens is 3. The van der Waals surface area contributed by atoms with Crippen molar-refractivity contribution in [1.29, 1.82) is 0 Å². The first-order chi connectivity index (χ1) is 16.6. The average Bonchev–Trinajstić information content (AvgIpc) is 3.29. The van der Waals surface area contributed by atoms with Crippen LogP contribution in [0.5, 0.6) is 5.75 Å². The third kappa shape index (κ3) is 5.05. The van der Waals surface area contributed by atoms with Crippen LogP contribution in [0, 0.1) is 0 Å². The largest absolute Gasteiger partial charge is 0.491 e. The third-order valence-corrected chi connectivity index (χ3v) is 6.77. The molecule has 0 bridgehead atoms. The van der Waals surface area contributed by atoms with E-state index in [1.54, 1.807) is 0 Å². The molecule has 0 atom stereocenters. The number of imidazole rings is 1. The van der Waals surface area contributed by atoms with Crippen LogP contribution in [-0.2, 0) is 6.54 Å². The van der Waals surface area contributed by atoms with Crippen molar-refractivity contribution in [1.82, 2.24) is 19.9 Å². The molecule has 1 saturated heterocycles. The van der Waals surface area contributed by atoms with Gasteiger partial charge in [0.2, 0.25) is 0 Å². The Morgan fingerprint density at radius 1 is 1.03 bits per heavy atom. The molecule has 2 aromatic heterocycles. The lowest BCUT2D eigenvalue weighted by Gasteiger charge is -2.36. The number of rotatable bonds is 7. The van der Waals surface area contributed by atoms with Crippen molar-refractivity contribution in [2.75, 3.05) is 44.3 Å². The van der Waals surface area contributed by atoms with Crippen LogP contribution >= 0.6 is 27.5 Å². The maximum atomic E-state index is 8.92. The molecule has 0 radical (unpaired) electrons. The maximum Gasteiger partial charge on any atom is 0.159 e. The predicted molar refractivity (Wildman–Crippen MR) is 139 cm³/mol. The molecule has 5 rings (SSSR count). The number of hydrogen-bond acceptors (Lipinski definition) is 6. The van der Waals surface area contributed by atoms with Crippen molar-refractivity contribution in [2.24, 2.45) is 0 Å². The summed E-state index contributed by atoms with van der Waals surface area (Å²) in [5, 5.41) is 9.69. The van der Waals surface area contributed by atoms with Gasteiger partial charge in [0.1, 0.15) is 23.7 Å². The van der Waals surface area contributed by atoms with Crippen LogP contribution in [-0.4, -0.2) is 64.4 Å². The SMILES string of the molecule is OCCOc1ccc(-c2nc3c(N4CCN(Cc5ccc(Cl)cc5)CC4)c(Br)cnc3[nH]2)cc1. The van der Waals surface area contributed by atoms with Crippen molar-refractivity contribution in [3.63, 3.8) is 0 Å². The maximum absolute atomic E-state index is 8.92. The number of aromatic amines is 1. The third-order valence-electron chi connectivity index (χ3n) is 5.94. The summed E-state index contributed by atoms with van der Waals surface area (Å²) in [5.74, 6) is 1.48. The fraction of sp³-hybridized carbons (Fsp3) is 0.280. The van der Waals surface area contributed by atoms with Crippen LogP contribution in [0.1, 0.15) is 5.56 Å². The highest BCUT2D eigenvalue weighted by Crippen LogP contribution is 2.34. The number of anilines is 1. The lowest BCUT2D eigenvalue weighted by atomic mass is 10.2. The van der Waals surface area contributed by atoms with Gasteiger partial charge >= 0.3 is 0 Å². The van der Waals surface area contributed by atoms with Gasteiger partial charge in [-0.05, 0) is 57.9 Å². The van der Waals surface area contributed by atoms with Crippen LogP contribution in [0.2, 0.25) is 5.02 Å². The molecule has 2 aromatic carbocycles. The zero-order chi connectivity index (χ0) is 23.5. The van der Waals surface area contributed by atoms with Gasteiger partial charge in [0.15, 0.2) is 5.65 Å². The van der Waals surface area contributed by atoms with Crippen LogP contribution in [0.15, 0.2) is 59.2 Å². The van der Waals surface area contributed by atoms with Crippen molar-refractivity contribution >= 4 is 44.4 Å². The Morgan fingerprint density at radius 3 is 2.47 bits per heavy atom. The zero-order valence-electron chi connectivity index (χ0n) is 18.5. The first kappa shape index (κ1) is 23.1. The van der Waals surface area contributed by atoms with Gasteiger partial charge in [0.05, 0.1) is 16.8 Å². The summed E-state index contributed by atoms with van der Waals surface area (Å²) in [4.78, 5) is 17.7. The second-order valence-corrected chi connectivity index (χ2v) is 9.51. The number of halogens is 2. The number of hydrogen-bond donors (Lipinski definition) is 2. The van der Waals surface area contributed by atoms with Gasteiger partial charge in [0, 0.05) is 49.5 Å². The van der Waals surface area contributed by atoms with E-state index in [0.717, 1.165) is 70.5 Å². The lowest BCUT2D eigenvalue weighted by Crippen LogP contribution is -2.46. The van der Waals surface area contributed by atoms with Gasteiger partial charge < -0.3 is 19.7 Å². The molecule has 0 aliphatic carbocycles. The first-order valence-corrected chi connectivity index (χ1v) is 12.4. The molecular formula is C25H25BrClN5O2. The van der Waals surface area contributed by atoms with Crippen molar-refractivity contribution in [2.45, 2.75) is 6.54 Å². The van der Waals surface area contributed by atoms with Gasteiger partial charge in [0.25, 0.3) is 0 Å². The van der Waals surface area contributed by atoms with E-state index in [2.05, 4.69) is 47.8 Å². The summed E-state index contributed by atoms with van der Waals surface area (Å²) in [6.45, 7) is 4.93. The normalized spacial score (nSPS) is 14.6. The number of nitrogens with one attached hydrogen (secondary N) is 1.